The molecule has 2 rings (SSSR count). The highest BCUT2D eigenvalue weighted by Gasteiger charge is 2.15. The molecular weight excluding hydrogens is 330 g/mol. The molecule has 0 bridgehead atoms. The van der Waals surface area contributed by atoms with E-state index in [1.807, 2.05) is 56.3 Å². The van der Waals surface area contributed by atoms with Crippen molar-refractivity contribution in [1.82, 2.24) is 0 Å². The van der Waals surface area contributed by atoms with E-state index in [1.165, 1.54) is 0 Å². The molecule has 0 saturated carbocycles. The van der Waals surface area contributed by atoms with Crippen LogP contribution < -0.4 is 15.2 Å². The Bertz CT molecular complexity index is 587. The fraction of sp³-hybridized carbons (Fsp3) is 0.294. The second-order valence-corrected chi connectivity index (χ2v) is 5.57. The van der Waals surface area contributed by atoms with E-state index in [-0.39, 0.29) is 6.10 Å². The van der Waals surface area contributed by atoms with Crippen LogP contribution in [0.5, 0.6) is 11.5 Å². The molecule has 0 amide bonds. The average Bonchev–Trinajstić information content (AvgIpc) is 2.51. The van der Waals surface area contributed by atoms with Crippen molar-refractivity contribution in [3.63, 3.8) is 0 Å². The Morgan fingerprint density at radius 2 is 1.90 bits per heavy atom. The summed E-state index contributed by atoms with van der Waals surface area (Å²) in [6, 6.07) is 14.0. The maximum Gasteiger partial charge on any atom is 0.176 e. The van der Waals surface area contributed by atoms with Crippen LogP contribution in [0, 0.1) is 0 Å². The van der Waals surface area contributed by atoms with E-state index in [2.05, 4.69) is 15.9 Å². The van der Waals surface area contributed by atoms with Crippen LogP contribution in [-0.2, 0) is 6.54 Å². The highest BCUT2D eigenvalue weighted by atomic mass is 79.9. The largest absolute Gasteiger partial charge is 0.490 e. The summed E-state index contributed by atoms with van der Waals surface area (Å²) in [4.78, 5) is 0. The van der Waals surface area contributed by atoms with E-state index < -0.39 is 0 Å². The molecule has 0 heterocycles. The van der Waals surface area contributed by atoms with Crippen LogP contribution in [0.15, 0.2) is 46.9 Å². The van der Waals surface area contributed by atoms with Gasteiger partial charge >= 0.3 is 0 Å². The maximum absolute atomic E-state index is 6.10. The van der Waals surface area contributed by atoms with Crippen LogP contribution in [0.1, 0.15) is 31.1 Å². The third kappa shape index (κ3) is 3.99. The van der Waals surface area contributed by atoms with E-state index >= 15 is 0 Å². The zero-order valence-electron chi connectivity index (χ0n) is 12.3. The van der Waals surface area contributed by atoms with Crippen molar-refractivity contribution < 1.29 is 9.47 Å². The minimum atomic E-state index is -0.0644. The van der Waals surface area contributed by atoms with E-state index in [4.69, 9.17) is 15.2 Å². The highest BCUT2D eigenvalue weighted by molar-refractivity contribution is 9.10. The van der Waals surface area contributed by atoms with E-state index in [0.29, 0.717) is 18.9 Å². The Morgan fingerprint density at radius 3 is 2.52 bits per heavy atom. The van der Waals surface area contributed by atoms with Gasteiger partial charge in [-0.25, -0.2) is 0 Å². The third-order valence-corrected chi connectivity index (χ3v) is 3.76. The van der Waals surface area contributed by atoms with Crippen molar-refractivity contribution in [2.45, 2.75) is 26.5 Å². The zero-order valence-corrected chi connectivity index (χ0v) is 13.9. The summed E-state index contributed by atoms with van der Waals surface area (Å²) < 4.78 is 12.6. The van der Waals surface area contributed by atoms with Gasteiger partial charge in [-0.2, -0.15) is 0 Å². The number of hydrogen-bond donors (Lipinski definition) is 1. The van der Waals surface area contributed by atoms with Gasteiger partial charge in [-0.3, -0.25) is 0 Å². The van der Waals surface area contributed by atoms with Crippen molar-refractivity contribution >= 4 is 15.9 Å². The number of halogens is 1. The lowest BCUT2D eigenvalue weighted by Crippen LogP contribution is -2.07. The minimum absolute atomic E-state index is 0.0644. The standard InChI is InChI=1S/C17H20BrNO2/c1-3-20-16-10-13(11-19)9-15(18)17(16)21-12(2)14-7-5-4-6-8-14/h4-10,12H,3,11,19H2,1-2H3. The molecule has 0 aliphatic rings. The van der Waals surface area contributed by atoms with Crippen molar-refractivity contribution in [2.24, 2.45) is 5.73 Å². The summed E-state index contributed by atoms with van der Waals surface area (Å²) in [7, 11) is 0. The molecule has 0 aliphatic carbocycles. The van der Waals surface area contributed by atoms with Crippen LogP contribution >= 0.6 is 15.9 Å². The summed E-state index contributed by atoms with van der Waals surface area (Å²) in [6.45, 7) is 5.02. The summed E-state index contributed by atoms with van der Waals surface area (Å²) in [5.74, 6) is 1.43. The Balaban J connectivity index is 2.30. The Kier molecular flexibility index (Phi) is 5.65. The first-order chi connectivity index (χ1) is 10.2. The topological polar surface area (TPSA) is 44.5 Å². The van der Waals surface area contributed by atoms with Crippen molar-refractivity contribution in [1.29, 1.82) is 0 Å². The molecule has 0 fully saturated rings. The predicted molar refractivity (Wildman–Crippen MR) is 88.7 cm³/mol. The quantitative estimate of drug-likeness (QED) is 0.837. The molecule has 0 aliphatic heterocycles. The van der Waals surface area contributed by atoms with Gasteiger partial charge in [-0.05, 0) is 53.0 Å². The van der Waals surface area contributed by atoms with E-state index in [9.17, 15) is 0 Å². The minimum Gasteiger partial charge on any atom is -0.490 e. The summed E-state index contributed by atoms with van der Waals surface area (Å²) in [5, 5.41) is 0. The molecule has 112 valence electrons. The first-order valence-corrected chi connectivity index (χ1v) is 7.81. The second kappa shape index (κ2) is 7.48. The molecule has 1 unspecified atom stereocenters. The van der Waals surface area contributed by atoms with Crippen molar-refractivity contribution in [2.75, 3.05) is 6.61 Å². The lowest BCUT2D eigenvalue weighted by molar-refractivity contribution is 0.209. The van der Waals surface area contributed by atoms with Crippen LogP contribution in [0.2, 0.25) is 0 Å². The molecule has 4 heteroatoms. The lowest BCUT2D eigenvalue weighted by Gasteiger charge is -2.20. The van der Waals surface area contributed by atoms with Gasteiger partial charge in [-0.15, -0.1) is 0 Å². The van der Waals surface area contributed by atoms with Gasteiger partial charge in [0.25, 0.3) is 0 Å². The Hall–Kier alpha value is -1.52. The lowest BCUT2D eigenvalue weighted by atomic mass is 10.1. The van der Waals surface area contributed by atoms with Gasteiger partial charge in [0.1, 0.15) is 6.10 Å². The molecule has 2 N–H and O–H groups in total. The first-order valence-electron chi connectivity index (χ1n) is 7.02. The normalized spacial score (nSPS) is 12.0. The van der Waals surface area contributed by atoms with Gasteiger partial charge in [0.15, 0.2) is 11.5 Å². The third-order valence-electron chi connectivity index (χ3n) is 3.17. The van der Waals surface area contributed by atoms with Gasteiger partial charge in [0.05, 0.1) is 11.1 Å². The van der Waals surface area contributed by atoms with Crippen LogP contribution in [0.4, 0.5) is 0 Å². The van der Waals surface area contributed by atoms with Crippen molar-refractivity contribution in [3.8, 4) is 11.5 Å². The molecule has 0 aromatic heterocycles. The number of hydrogen-bond acceptors (Lipinski definition) is 3. The maximum atomic E-state index is 6.10. The van der Waals surface area contributed by atoms with Crippen LogP contribution in [0.25, 0.3) is 0 Å². The summed E-state index contributed by atoms with van der Waals surface area (Å²) in [6.07, 6.45) is -0.0644. The number of ether oxygens (including phenoxy) is 2. The molecule has 0 spiro atoms. The van der Waals surface area contributed by atoms with E-state index in [0.717, 1.165) is 21.3 Å². The van der Waals surface area contributed by atoms with Gasteiger partial charge in [0.2, 0.25) is 0 Å². The Labute approximate surface area is 134 Å². The van der Waals surface area contributed by atoms with E-state index in [1.54, 1.807) is 0 Å². The Morgan fingerprint density at radius 1 is 1.19 bits per heavy atom. The number of benzene rings is 2. The predicted octanol–water partition coefficient (Wildman–Crippen LogP) is 4.45. The first kappa shape index (κ1) is 15.9. The number of rotatable bonds is 6. The van der Waals surface area contributed by atoms with Gasteiger partial charge < -0.3 is 15.2 Å². The summed E-state index contributed by atoms with van der Waals surface area (Å²) in [5.41, 5.74) is 7.83. The van der Waals surface area contributed by atoms with Gasteiger partial charge in [-0.1, -0.05) is 30.3 Å². The zero-order chi connectivity index (χ0) is 15.2. The molecule has 21 heavy (non-hydrogen) atoms. The second-order valence-electron chi connectivity index (χ2n) is 4.71. The van der Waals surface area contributed by atoms with Gasteiger partial charge in [0, 0.05) is 6.54 Å². The SMILES string of the molecule is CCOc1cc(CN)cc(Br)c1OC(C)c1ccccc1. The average molecular weight is 350 g/mol. The fourth-order valence-corrected chi connectivity index (χ4v) is 2.67. The molecule has 3 nitrogen and oxygen atoms in total. The highest BCUT2D eigenvalue weighted by Crippen LogP contribution is 2.39. The van der Waals surface area contributed by atoms with Crippen LogP contribution in [0.3, 0.4) is 0 Å². The monoisotopic (exact) mass is 349 g/mol. The molecule has 0 saturated heterocycles. The van der Waals surface area contributed by atoms with Crippen LogP contribution in [-0.4, -0.2) is 6.61 Å². The number of nitrogens with two attached hydrogens (primary N) is 1. The summed E-state index contributed by atoms with van der Waals surface area (Å²) >= 11 is 3.55. The van der Waals surface area contributed by atoms with Crippen molar-refractivity contribution in [3.05, 3.63) is 58.1 Å². The molecule has 2 aromatic carbocycles. The molecular formula is C17H20BrNO2. The molecule has 0 radical (unpaired) electrons. The fourth-order valence-electron chi connectivity index (χ4n) is 2.09. The smallest absolute Gasteiger partial charge is 0.176 e. The molecule has 2 aromatic rings. The molecule has 1 atom stereocenters.